The summed E-state index contributed by atoms with van der Waals surface area (Å²) < 4.78 is 19.3. The zero-order chi connectivity index (χ0) is 22.2. The molecular formula is C24H24FN5O2. The zero-order valence-corrected chi connectivity index (χ0v) is 18.0. The fraction of sp³-hybridized carbons (Fsp3) is 0.292. The molecule has 0 aliphatic carbocycles. The number of nitrogens with one attached hydrogen (secondary N) is 1. The van der Waals surface area contributed by atoms with Gasteiger partial charge >= 0.3 is 0 Å². The van der Waals surface area contributed by atoms with Crippen molar-refractivity contribution >= 4 is 16.8 Å². The number of carbonyl (C=O) groups is 1. The summed E-state index contributed by atoms with van der Waals surface area (Å²) >= 11 is 0. The van der Waals surface area contributed by atoms with Crippen LogP contribution in [0.4, 0.5) is 4.39 Å². The monoisotopic (exact) mass is 433 g/mol. The number of para-hydroxylation sites is 1. The second kappa shape index (κ2) is 8.20. The summed E-state index contributed by atoms with van der Waals surface area (Å²) in [6.45, 7) is 6.34. The van der Waals surface area contributed by atoms with Crippen molar-refractivity contribution in [2.24, 2.45) is 0 Å². The Labute approximate surface area is 184 Å². The predicted molar refractivity (Wildman–Crippen MR) is 119 cm³/mol. The predicted octanol–water partition coefficient (Wildman–Crippen LogP) is 4.18. The molecule has 5 rings (SSSR count). The molecule has 4 aromatic rings. The number of amides is 1. The van der Waals surface area contributed by atoms with Crippen LogP contribution in [0.15, 0.2) is 53.1 Å². The van der Waals surface area contributed by atoms with Crippen molar-refractivity contribution in [3.63, 3.8) is 0 Å². The first-order valence-corrected chi connectivity index (χ1v) is 10.7. The average Bonchev–Trinajstić information content (AvgIpc) is 3.47. The lowest BCUT2D eigenvalue weighted by Gasteiger charge is -2.36. The van der Waals surface area contributed by atoms with E-state index in [1.165, 1.54) is 6.07 Å². The van der Waals surface area contributed by atoms with Gasteiger partial charge in [0.2, 0.25) is 11.7 Å². The molecule has 1 fully saturated rings. The molecule has 0 spiro atoms. The average molecular weight is 433 g/mol. The van der Waals surface area contributed by atoms with Crippen molar-refractivity contribution in [3.8, 4) is 11.4 Å². The molecule has 164 valence electrons. The van der Waals surface area contributed by atoms with Crippen molar-refractivity contribution in [2.75, 3.05) is 26.2 Å². The molecule has 0 bridgehead atoms. The first-order chi connectivity index (χ1) is 15.5. The van der Waals surface area contributed by atoms with Crippen LogP contribution >= 0.6 is 0 Å². The van der Waals surface area contributed by atoms with Crippen molar-refractivity contribution in [2.45, 2.75) is 19.9 Å². The third-order valence-corrected chi connectivity index (χ3v) is 6.14. The number of piperazine rings is 1. The highest BCUT2D eigenvalue weighted by Gasteiger charge is 2.28. The minimum Gasteiger partial charge on any atom is -0.351 e. The van der Waals surface area contributed by atoms with Crippen molar-refractivity contribution in [1.29, 1.82) is 0 Å². The van der Waals surface area contributed by atoms with Gasteiger partial charge in [-0.3, -0.25) is 9.69 Å². The molecule has 1 unspecified atom stereocenters. The quantitative estimate of drug-likeness (QED) is 0.522. The Balaban J connectivity index is 1.23. The van der Waals surface area contributed by atoms with Crippen LogP contribution in [0.5, 0.6) is 0 Å². The highest BCUT2D eigenvalue weighted by atomic mass is 19.1. The highest BCUT2D eigenvalue weighted by Crippen LogP contribution is 2.25. The van der Waals surface area contributed by atoms with Gasteiger partial charge in [-0.2, -0.15) is 4.98 Å². The maximum absolute atomic E-state index is 13.9. The van der Waals surface area contributed by atoms with E-state index in [9.17, 15) is 9.18 Å². The molecule has 1 atom stereocenters. The van der Waals surface area contributed by atoms with Crippen LogP contribution in [0.25, 0.3) is 22.3 Å². The van der Waals surface area contributed by atoms with Gasteiger partial charge in [-0.15, -0.1) is 0 Å². The smallest absolute Gasteiger partial charge is 0.270 e. The van der Waals surface area contributed by atoms with E-state index in [2.05, 4.69) is 20.0 Å². The van der Waals surface area contributed by atoms with Gasteiger partial charge in [0.1, 0.15) is 11.5 Å². The van der Waals surface area contributed by atoms with E-state index >= 15 is 0 Å². The number of benzene rings is 2. The Morgan fingerprint density at radius 3 is 2.66 bits per heavy atom. The van der Waals surface area contributed by atoms with E-state index in [0.717, 1.165) is 10.9 Å². The van der Waals surface area contributed by atoms with Crippen LogP contribution in [0.3, 0.4) is 0 Å². The van der Waals surface area contributed by atoms with E-state index < -0.39 is 0 Å². The summed E-state index contributed by atoms with van der Waals surface area (Å²) in [6, 6.07) is 14.6. The van der Waals surface area contributed by atoms with Crippen LogP contribution in [0.1, 0.15) is 34.9 Å². The van der Waals surface area contributed by atoms with Gasteiger partial charge < -0.3 is 14.4 Å². The van der Waals surface area contributed by atoms with E-state index in [1.54, 1.807) is 19.1 Å². The number of aromatic amines is 1. The molecule has 1 aliphatic rings. The van der Waals surface area contributed by atoms with Gasteiger partial charge in [0.25, 0.3) is 5.91 Å². The highest BCUT2D eigenvalue weighted by molar-refractivity contribution is 5.98. The number of nitrogens with zero attached hydrogens (tertiary/aromatic N) is 4. The van der Waals surface area contributed by atoms with Gasteiger partial charge in [-0.05, 0) is 37.6 Å². The normalized spacial score (nSPS) is 15.9. The lowest BCUT2D eigenvalue weighted by Crippen LogP contribution is -2.49. The van der Waals surface area contributed by atoms with E-state index in [1.807, 2.05) is 42.2 Å². The number of fused-ring (bicyclic) bond motifs is 1. The lowest BCUT2D eigenvalue weighted by atomic mass is 10.1. The fourth-order valence-electron chi connectivity index (χ4n) is 4.08. The minimum atomic E-state index is -0.294. The maximum atomic E-state index is 13.9. The van der Waals surface area contributed by atoms with Gasteiger partial charge in [0.05, 0.1) is 6.04 Å². The van der Waals surface area contributed by atoms with Crippen LogP contribution in [0.2, 0.25) is 0 Å². The lowest BCUT2D eigenvalue weighted by molar-refractivity contribution is 0.0547. The van der Waals surface area contributed by atoms with Crippen molar-refractivity contribution in [3.05, 3.63) is 71.5 Å². The summed E-state index contributed by atoms with van der Waals surface area (Å²) in [6.07, 6.45) is 0. The molecular weight excluding hydrogens is 409 g/mol. The molecule has 32 heavy (non-hydrogen) atoms. The Bertz CT molecular complexity index is 1240. The van der Waals surface area contributed by atoms with Gasteiger partial charge in [0.15, 0.2) is 0 Å². The number of aryl methyl sites for hydroxylation is 1. The van der Waals surface area contributed by atoms with E-state index in [4.69, 9.17) is 4.52 Å². The number of halogens is 1. The molecule has 7 nitrogen and oxygen atoms in total. The van der Waals surface area contributed by atoms with Gasteiger partial charge in [0, 0.05) is 42.6 Å². The number of aromatic nitrogens is 3. The molecule has 2 aromatic carbocycles. The Morgan fingerprint density at radius 1 is 1.12 bits per heavy atom. The third-order valence-electron chi connectivity index (χ3n) is 6.14. The number of hydrogen-bond donors (Lipinski definition) is 1. The minimum absolute atomic E-state index is 0.00924. The summed E-state index contributed by atoms with van der Waals surface area (Å²) in [5, 5.41) is 5.06. The number of H-pyrrole nitrogens is 1. The van der Waals surface area contributed by atoms with E-state index in [-0.39, 0.29) is 17.8 Å². The molecule has 1 aliphatic heterocycles. The fourth-order valence-corrected chi connectivity index (χ4v) is 4.08. The Kier molecular flexibility index (Phi) is 5.22. The molecule has 0 saturated carbocycles. The Hall–Kier alpha value is -3.52. The molecule has 1 N–H and O–H groups in total. The largest absolute Gasteiger partial charge is 0.351 e. The van der Waals surface area contributed by atoms with Crippen molar-refractivity contribution < 1.29 is 13.7 Å². The third kappa shape index (κ3) is 3.78. The molecule has 1 saturated heterocycles. The van der Waals surface area contributed by atoms with E-state index in [0.29, 0.717) is 54.7 Å². The van der Waals surface area contributed by atoms with Gasteiger partial charge in [-0.25, -0.2) is 4.39 Å². The first kappa shape index (κ1) is 20.4. The molecule has 3 heterocycles. The van der Waals surface area contributed by atoms with Crippen LogP contribution in [0, 0.1) is 12.7 Å². The first-order valence-electron chi connectivity index (χ1n) is 10.7. The molecule has 8 heteroatoms. The summed E-state index contributed by atoms with van der Waals surface area (Å²) in [5.74, 6) is 0.572. The number of hydrogen-bond acceptors (Lipinski definition) is 5. The standard InChI is InChI=1S/C24H24FN5O2/c1-15-7-8-18(13-19(15)25)22-27-23(32-28-22)16(2)29-9-11-30(12-10-29)24(31)21-14-17-5-3-4-6-20(17)26-21/h3-8,13-14,16,26H,9-12H2,1-2H3. The Morgan fingerprint density at radius 2 is 1.91 bits per heavy atom. The zero-order valence-electron chi connectivity index (χ0n) is 18.0. The topological polar surface area (TPSA) is 78.3 Å². The molecule has 0 radical (unpaired) electrons. The number of rotatable bonds is 4. The van der Waals surface area contributed by atoms with Crippen LogP contribution < -0.4 is 0 Å². The summed E-state index contributed by atoms with van der Waals surface area (Å²) in [4.78, 5) is 24.7. The SMILES string of the molecule is Cc1ccc(-c2noc(C(C)N3CCN(C(=O)c4cc5ccccc5[nH]4)CC3)n2)cc1F. The second-order valence-electron chi connectivity index (χ2n) is 8.19. The molecule has 1 amide bonds. The summed E-state index contributed by atoms with van der Waals surface area (Å²) in [5.41, 5.74) is 2.73. The van der Waals surface area contributed by atoms with Gasteiger partial charge in [-0.1, -0.05) is 35.5 Å². The second-order valence-corrected chi connectivity index (χ2v) is 8.19. The number of carbonyl (C=O) groups excluding carboxylic acids is 1. The van der Waals surface area contributed by atoms with Crippen LogP contribution in [-0.4, -0.2) is 57.0 Å². The van der Waals surface area contributed by atoms with Crippen LogP contribution in [-0.2, 0) is 0 Å². The summed E-state index contributed by atoms with van der Waals surface area (Å²) in [7, 11) is 0. The van der Waals surface area contributed by atoms with Crippen molar-refractivity contribution in [1.82, 2.24) is 24.9 Å². The molecule has 2 aromatic heterocycles. The maximum Gasteiger partial charge on any atom is 0.270 e.